The molecule has 0 fully saturated rings. The average Bonchev–Trinajstić information content (AvgIpc) is 3.72. The molecule has 3 heterocycles. The molecule has 0 N–H and O–H groups in total. The summed E-state index contributed by atoms with van der Waals surface area (Å²) in [4.78, 5) is 5.39. The Hall–Kier alpha value is -4.96. The highest BCUT2D eigenvalue weighted by atomic mass is 16.3. The molecule has 2 aliphatic heterocycles. The number of hydrogen-bond acceptors (Lipinski definition) is 3. The first kappa shape index (κ1) is 49.3. The van der Waals surface area contributed by atoms with Crippen molar-refractivity contribution in [2.24, 2.45) is 0 Å². The first-order valence-corrected chi connectivity index (χ1v) is 27.8. The van der Waals surface area contributed by atoms with Gasteiger partial charge in [0.25, 0.3) is 6.71 Å². The quantitative estimate of drug-likeness (QED) is 0.164. The maximum atomic E-state index is 7.84. The first-order valence-electron chi connectivity index (χ1n) is 27.8. The van der Waals surface area contributed by atoms with E-state index in [4.69, 9.17) is 4.42 Å². The lowest BCUT2D eigenvalue weighted by atomic mass is 9.35. The van der Waals surface area contributed by atoms with Crippen molar-refractivity contribution in [3.05, 3.63) is 141 Å². The van der Waals surface area contributed by atoms with Gasteiger partial charge < -0.3 is 14.2 Å². The SMILES string of the molecule is Cc1cc2c3c(c1)N(c1ccc(C(C)(C)C)cc1)c1cc4c(cc1B3c1oc3c(c1N2Cc1ccc(C(C)(C)C)cc1-c1ccc2c(c1)C(C)(C)CCC2(C)C)C(C)(C)CCC3(C)C)C(C)(C)CCC4(C)C. The number of furan rings is 1. The zero-order chi connectivity index (χ0) is 51.8. The number of anilines is 5. The van der Waals surface area contributed by atoms with Gasteiger partial charge in [0.15, 0.2) is 0 Å². The Bertz CT molecular complexity index is 3210. The monoisotopic (exact) mass is 957 g/mol. The highest BCUT2D eigenvalue weighted by Gasteiger charge is 2.53. The van der Waals surface area contributed by atoms with Gasteiger partial charge in [-0.1, -0.05) is 179 Å². The van der Waals surface area contributed by atoms with Crippen molar-refractivity contribution < 1.29 is 4.42 Å². The molecule has 0 spiro atoms. The molecular weight excluding hydrogens is 872 g/mol. The largest absolute Gasteiger partial charge is 0.472 e. The second-order valence-electron chi connectivity index (χ2n) is 29.5. The fourth-order valence-electron chi connectivity index (χ4n) is 14.0. The third-order valence-corrected chi connectivity index (χ3v) is 19.2. The predicted octanol–water partition coefficient (Wildman–Crippen LogP) is 16.8. The number of rotatable bonds is 4. The van der Waals surface area contributed by atoms with E-state index < -0.39 is 0 Å². The summed E-state index contributed by atoms with van der Waals surface area (Å²) in [5.74, 6) is 1.18. The van der Waals surface area contributed by atoms with Crippen LogP contribution in [0.4, 0.5) is 28.4 Å². The molecule has 5 aliphatic rings. The van der Waals surface area contributed by atoms with E-state index in [1.807, 2.05) is 0 Å². The maximum absolute atomic E-state index is 7.84. The molecule has 0 amide bonds. The molecule has 0 unspecified atom stereocenters. The molecule has 0 saturated heterocycles. The molecule has 3 nitrogen and oxygen atoms in total. The zero-order valence-corrected chi connectivity index (χ0v) is 47.9. The van der Waals surface area contributed by atoms with Crippen LogP contribution in [0.15, 0.2) is 89.3 Å². The van der Waals surface area contributed by atoms with Crippen molar-refractivity contribution in [3.63, 3.8) is 0 Å². The molecule has 376 valence electrons. The van der Waals surface area contributed by atoms with Gasteiger partial charge in [0.2, 0.25) is 0 Å². The number of fused-ring (bicyclic) bond motifs is 8. The second-order valence-corrected chi connectivity index (χ2v) is 29.5. The summed E-state index contributed by atoms with van der Waals surface area (Å²) < 4.78 is 7.84. The van der Waals surface area contributed by atoms with E-state index in [1.165, 1.54) is 132 Å². The Kier molecular flexibility index (Phi) is 10.6. The minimum absolute atomic E-state index is 0.00593. The normalized spacial score (nSPS) is 20.5. The minimum atomic E-state index is -0.109. The van der Waals surface area contributed by atoms with Gasteiger partial charge in [-0.3, -0.25) is 0 Å². The molecule has 0 bridgehead atoms. The molecule has 5 aromatic carbocycles. The van der Waals surface area contributed by atoms with Crippen LogP contribution in [0.25, 0.3) is 11.1 Å². The van der Waals surface area contributed by atoms with Crippen LogP contribution < -0.4 is 26.4 Å². The van der Waals surface area contributed by atoms with Crippen molar-refractivity contribution in [2.75, 3.05) is 9.80 Å². The van der Waals surface area contributed by atoms with Gasteiger partial charge in [-0.15, -0.1) is 0 Å². The van der Waals surface area contributed by atoms with Crippen LogP contribution in [0, 0.1) is 6.92 Å². The third kappa shape index (κ3) is 7.55. The van der Waals surface area contributed by atoms with E-state index in [2.05, 4.69) is 226 Å². The Morgan fingerprint density at radius 3 is 1.65 bits per heavy atom. The van der Waals surface area contributed by atoms with Gasteiger partial charge in [-0.2, -0.15) is 0 Å². The van der Waals surface area contributed by atoms with Gasteiger partial charge in [-0.25, -0.2) is 0 Å². The number of aryl methyl sites for hydroxylation is 1. The summed E-state index contributed by atoms with van der Waals surface area (Å²) in [7, 11) is 0. The lowest BCUT2D eigenvalue weighted by Gasteiger charge is -2.47. The molecule has 6 aromatic rings. The average molecular weight is 957 g/mol. The van der Waals surface area contributed by atoms with E-state index >= 15 is 0 Å². The third-order valence-electron chi connectivity index (χ3n) is 19.2. The summed E-state index contributed by atoms with van der Waals surface area (Å²) >= 11 is 0. The predicted molar refractivity (Wildman–Crippen MR) is 310 cm³/mol. The molecular formula is C68H85BN2O. The van der Waals surface area contributed by atoms with Gasteiger partial charge in [-0.05, 0) is 180 Å². The molecule has 1 aromatic heterocycles. The first-order chi connectivity index (χ1) is 33.3. The molecule has 3 aliphatic carbocycles. The van der Waals surface area contributed by atoms with Gasteiger partial charge in [0.05, 0.1) is 11.3 Å². The number of nitrogens with zero attached hydrogens (tertiary/aromatic N) is 2. The highest BCUT2D eigenvalue weighted by molar-refractivity contribution is 6.99. The molecule has 72 heavy (non-hydrogen) atoms. The van der Waals surface area contributed by atoms with Crippen LogP contribution in [-0.2, 0) is 49.9 Å². The fraction of sp³-hybridized carbons (Fsp3) is 0.500. The molecule has 0 radical (unpaired) electrons. The second kappa shape index (κ2) is 15.6. The molecule has 11 rings (SSSR count). The maximum Gasteiger partial charge on any atom is 0.297 e. The Morgan fingerprint density at radius 2 is 1.04 bits per heavy atom. The van der Waals surface area contributed by atoms with Crippen LogP contribution in [0.5, 0.6) is 0 Å². The van der Waals surface area contributed by atoms with Crippen LogP contribution in [-0.4, -0.2) is 6.71 Å². The van der Waals surface area contributed by atoms with E-state index in [0.717, 1.165) is 25.0 Å². The zero-order valence-electron chi connectivity index (χ0n) is 47.9. The van der Waals surface area contributed by atoms with Gasteiger partial charge in [0.1, 0.15) is 5.76 Å². The van der Waals surface area contributed by atoms with E-state index in [0.29, 0.717) is 0 Å². The van der Waals surface area contributed by atoms with Crippen molar-refractivity contribution in [3.8, 4) is 11.1 Å². The van der Waals surface area contributed by atoms with Crippen LogP contribution in [0.3, 0.4) is 0 Å². The van der Waals surface area contributed by atoms with Crippen molar-refractivity contribution in [1.29, 1.82) is 0 Å². The standard InChI is InChI=1S/C68H85BN2O/c1-41-34-54-57-55(35-41)71(46-25-23-44(24-26-46)61(2,3)4)53-39-51-50(65(12,13)30-31-66(51,14)15)38-52(53)69(57)60-58(56-59(72-60)68(18,19)33-32-67(56,16)17)70(54)40-43-20-22-45(62(5,6)7)37-47(43)42-21-27-48-49(36-42)64(10,11)29-28-63(48,8)9/h20-27,34-39H,28-33,40H2,1-19H3. The topological polar surface area (TPSA) is 19.6 Å². The fourth-order valence-corrected chi connectivity index (χ4v) is 14.0. The van der Waals surface area contributed by atoms with Crippen LogP contribution in [0.1, 0.15) is 219 Å². The van der Waals surface area contributed by atoms with Crippen LogP contribution >= 0.6 is 0 Å². The van der Waals surface area contributed by atoms with Gasteiger partial charge in [0, 0.05) is 40.3 Å². The summed E-state index contributed by atoms with van der Waals surface area (Å²) in [5, 5.41) is 0. The van der Waals surface area contributed by atoms with E-state index in [1.54, 1.807) is 0 Å². The lowest BCUT2D eigenvalue weighted by Crippen LogP contribution is -2.62. The van der Waals surface area contributed by atoms with E-state index in [-0.39, 0.29) is 50.0 Å². The Labute approximate surface area is 435 Å². The Balaban J connectivity index is 1.21. The van der Waals surface area contributed by atoms with E-state index in [9.17, 15) is 0 Å². The molecule has 4 heteroatoms. The highest BCUT2D eigenvalue weighted by Crippen LogP contribution is 2.56. The van der Waals surface area contributed by atoms with Crippen molar-refractivity contribution in [2.45, 2.75) is 220 Å². The molecule has 0 atom stereocenters. The molecule has 0 saturated carbocycles. The smallest absolute Gasteiger partial charge is 0.297 e. The minimum Gasteiger partial charge on any atom is -0.472 e. The lowest BCUT2D eigenvalue weighted by molar-refractivity contribution is 0.282. The van der Waals surface area contributed by atoms with Crippen LogP contribution in [0.2, 0.25) is 0 Å². The number of benzene rings is 5. The van der Waals surface area contributed by atoms with Crippen molar-refractivity contribution >= 4 is 51.7 Å². The number of hydrogen-bond donors (Lipinski definition) is 0. The summed E-state index contributed by atoms with van der Waals surface area (Å²) in [5.41, 5.74) is 25.9. The Morgan fingerprint density at radius 1 is 0.514 bits per heavy atom. The van der Waals surface area contributed by atoms with Crippen molar-refractivity contribution in [1.82, 2.24) is 0 Å². The summed E-state index contributed by atoms with van der Waals surface area (Å²) in [6.45, 7) is 46.6. The van der Waals surface area contributed by atoms with Gasteiger partial charge >= 0.3 is 0 Å². The summed E-state index contributed by atoms with van der Waals surface area (Å²) in [6, 6.07) is 34.8. The summed E-state index contributed by atoms with van der Waals surface area (Å²) in [6.07, 6.45) is 6.95.